The molecule has 0 bridgehead atoms. The number of aromatic nitrogens is 3. The first-order valence-electron chi connectivity index (χ1n) is 9.48. The number of hydrogen-bond acceptors (Lipinski definition) is 4. The van der Waals surface area contributed by atoms with E-state index in [1.54, 1.807) is 0 Å². The fourth-order valence-electron chi connectivity index (χ4n) is 3.29. The molecule has 6 heteroatoms. The third-order valence-electron chi connectivity index (χ3n) is 4.88. The van der Waals surface area contributed by atoms with Crippen LogP contribution in [0.1, 0.15) is 17.0 Å². The van der Waals surface area contributed by atoms with Crippen molar-refractivity contribution in [3.8, 4) is 22.9 Å². The Hall–Kier alpha value is -3.67. The molecule has 0 radical (unpaired) electrons. The highest BCUT2D eigenvalue weighted by Gasteiger charge is 2.18. The van der Waals surface area contributed by atoms with Crippen LogP contribution < -0.4 is 5.32 Å². The lowest BCUT2D eigenvalue weighted by Crippen LogP contribution is -2.27. The quantitative estimate of drug-likeness (QED) is 0.541. The van der Waals surface area contributed by atoms with E-state index < -0.39 is 0 Å². The lowest BCUT2D eigenvalue weighted by Gasteiger charge is -2.10. The molecule has 0 saturated heterocycles. The normalized spacial score (nSPS) is 10.8. The van der Waals surface area contributed by atoms with Crippen LogP contribution in [-0.2, 0) is 17.9 Å². The van der Waals surface area contributed by atoms with Gasteiger partial charge in [0.25, 0.3) is 0 Å². The average Bonchev–Trinajstić information content (AvgIpc) is 3.34. The summed E-state index contributed by atoms with van der Waals surface area (Å²) in [5.74, 6) is 0.886. The minimum Gasteiger partial charge on any atom is -0.416 e. The van der Waals surface area contributed by atoms with E-state index in [9.17, 15) is 4.79 Å². The number of nitrogens with one attached hydrogen (secondary N) is 1. The third kappa shape index (κ3) is 4.11. The van der Waals surface area contributed by atoms with Crippen molar-refractivity contribution >= 4 is 5.91 Å². The first-order valence-corrected chi connectivity index (χ1v) is 9.48. The van der Waals surface area contributed by atoms with Crippen molar-refractivity contribution < 1.29 is 9.21 Å². The largest absolute Gasteiger partial charge is 0.416 e. The molecule has 146 valence electrons. The van der Waals surface area contributed by atoms with E-state index >= 15 is 0 Å². The summed E-state index contributed by atoms with van der Waals surface area (Å²) in [6.45, 7) is 4.68. The van der Waals surface area contributed by atoms with Crippen LogP contribution in [-0.4, -0.2) is 20.7 Å². The van der Waals surface area contributed by atoms with E-state index in [2.05, 4.69) is 15.5 Å². The van der Waals surface area contributed by atoms with Gasteiger partial charge in [-0.1, -0.05) is 48.5 Å². The zero-order valence-corrected chi connectivity index (χ0v) is 16.4. The molecule has 4 aromatic rings. The van der Waals surface area contributed by atoms with Gasteiger partial charge in [-0.2, -0.15) is 0 Å². The van der Waals surface area contributed by atoms with Gasteiger partial charge >= 0.3 is 0 Å². The van der Waals surface area contributed by atoms with Crippen molar-refractivity contribution in [1.82, 2.24) is 20.1 Å². The Morgan fingerprint density at radius 3 is 2.34 bits per heavy atom. The summed E-state index contributed by atoms with van der Waals surface area (Å²) in [6, 6.07) is 21.5. The zero-order valence-electron chi connectivity index (χ0n) is 16.4. The molecule has 0 saturated carbocycles. The molecule has 0 unspecified atom stereocenters. The molecule has 2 aromatic heterocycles. The number of aryl methyl sites for hydroxylation is 1. The fraction of sp³-hybridized carbons (Fsp3) is 0.174. The number of carbonyl (C=O) groups is 1. The monoisotopic (exact) mass is 386 g/mol. The average molecular weight is 386 g/mol. The van der Waals surface area contributed by atoms with Gasteiger partial charge in [-0.05, 0) is 37.6 Å². The summed E-state index contributed by atoms with van der Waals surface area (Å²) >= 11 is 0. The van der Waals surface area contributed by atoms with Crippen LogP contribution in [0, 0.1) is 13.8 Å². The number of benzene rings is 2. The van der Waals surface area contributed by atoms with Gasteiger partial charge in [0.15, 0.2) is 0 Å². The molecular formula is C23H22N4O2. The van der Waals surface area contributed by atoms with Crippen molar-refractivity contribution in [1.29, 1.82) is 0 Å². The van der Waals surface area contributed by atoms with Gasteiger partial charge in [0.05, 0.1) is 5.56 Å². The smallest absolute Gasteiger partial charge is 0.249 e. The molecular weight excluding hydrogens is 364 g/mol. The van der Waals surface area contributed by atoms with Crippen LogP contribution in [0.15, 0.2) is 71.1 Å². The van der Waals surface area contributed by atoms with Crippen LogP contribution in [0.25, 0.3) is 22.9 Å². The summed E-state index contributed by atoms with van der Waals surface area (Å²) in [4.78, 5) is 12.4. The van der Waals surface area contributed by atoms with E-state index in [1.165, 1.54) is 0 Å². The number of nitrogens with zero attached hydrogens (tertiary/aromatic N) is 3. The van der Waals surface area contributed by atoms with E-state index in [0.29, 0.717) is 18.3 Å². The van der Waals surface area contributed by atoms with Crippen LogP contribution in [0.4, 0.5) is 0 Å². The van der Waals surface area contributed by atoms with Gasteiger partial charge in [0, 0.05) is 23.5 Å². The molecule has 1 amide bonds. The van der Waals surface area contributed by atoms with Crippen LogP contribution in [0.5, 0.6) is 0 Å². The second-order valence-corrected chi connectivity index (χ2v) is 6.91. The zero-order chi connectivity index (χ0) is 20.2. The number of amides is 1. The Morgan fingerprint density at radius 1 is 0.966 bits per heavy atom. The Labute approximate surface area is 169 Å². The second kappa shape index (κ2) is 8.14. The Morgan fingerprint density at radius 2 is 1.62 bits per heavy atom. The van der Waals surface area contributed by atoms with E-state index in [-0.39, 0.29) is 12.5 Å². The molecule has 29 heavy (non-hydrogen) atoms. The third-order valence-corrected chi connectivity index (χ3v) is 4.88. The summed E-state index contributed by atoms with van der Waals surface area (Å²) in [5, 5.41) is 11.3. The first kappa shape index (κ1) is 18.7. The molecule has 1 N–H and O–H groups in total. The maximum Gasteiger partial charge on any atom is 0.249 e. The molecule has 0 aliphatic rings. The molecule has 0 aliphatic heterocycles. The van der Waals surface area contributed by atoms with Gasteiger partial charge in [-0.25, -0.2) is 0 Å². The van der Waals surface area contributed by atoms with Crippen molar-refractivity contribution in [2.24, 2.45) is 0 Å². The molecule has 2 heterocycles. The topological polar surface area (TPSA) is 73.0 Å². The van der Waals surface area contributed by atoms with Crippen LogP contribution in [0.3, 0.4) is 0 Å². The van der Waals surface area contributed by atoms with E-state index in [0.717, 1.165) is 28.1 Å². The van der Waals surface area contributed by atoms with Crippen molar-refractivity contribution in [3.63, 3.8) is 0 Å². The van der Waals surface area contributed by atoms with Gasteiger partial charge in [-0.3, -0.25) is 4.79 Å². The lowest BCUT2D eigenvalue weighted by atomic mass is 10.2. The predicted molar refractivity (Wildman–Crippen MR) is 111 cm³/mol. The number of rotatable bonds is 6. The van der Waals surface area contributed by atoms with Gasteiger partial charge < -0.3 is 14.3 Å². The second-order valence-electron chi connectivity index (χ2n) is 6.91. The maximum atomic E-state index is 12.4. The van der Waals surface area contributed by atoms with E-state index in [1.807, 2.05) is 85.1 Å². The first-order chi connectivity index (χ1) is 14.1. The van der Waals surface area contributed by atoms with E-state index in [4.69, 9.17) is 4.42 Å². The highest BCUT2D eigenvalue weighted by Crippen LogP contribution is 2.28. The number of carbonyl (C=O) groups excluding carboxylic acids is 1. The maximum absolute atomic E-state index is 12.4. The lowest BCUT2D eigenvalue weighted by molar-refractivity contribution is -0.121. The molecule has 0 aliphatic carbocycles. The van der Waals surface area contributed by atoms with Gasteiger partial charge in [0.1, 0.15) is 6.54 Å². The Balaban J connectivity index is 1.49. The van der Waals surface area contributed by atoms with Gasteiger partial charge in [0.2, 0.25) is 17.7 Å². The molecule has 0 spiro atoms. The summed E-state index contributed by atoms with van der Waals surface area (Å²) < 4.78 is 7.84. The summed E-state index contributed by atoms with van der Waals surface area (Å²) in [6.07, 6.45) is 0. The highest BCUT2D eigenvalue weighted by atomic mass is 16.4. The van der Waals surface area contributed by atoms with Crippen molar-refractivity contribution in [3.05, 3.63) is 83.7 Å². The molecule has 6 nitrogen and oxygen atoms in total. The predicted octanol–water partition coefficient (Wildman–Crippen LogP) is 4.14. The molecule has 0 atom stereocenters. The SMILES string of the molecule is Cc1cc(-c2nnc(-c3ccccc3)o2)c(C)n1CC(=O)NCc1ccccc1. The van der Waals surface area contributed by atoms with Crippen molar-refractivity contribution in [2.75, 3.05) is 0 Å². The molecule has 4 rings (SSSR count). The minimum atomic E-state index is -0.0438. The van der Waals surface area contributed by atoms with Crippen LogP contribution in [0.2, 0.25) is 0 Å². The van der Waals surface area contributed by atoms with Crippen LogP contribution >= 0.6 is 0 Å². The minimum absolute atomic E-state index is 0.0438. The molecule has 0 fully saturated rings. The summed E-state index contributed by atoms with van der Waals surface area (Å²) in [7, 11) is 0. The van der Waals surface area contributed by atoms with Crippen molar-refractivity contribution in [2.45, 2.75) is 26.9 Å². The standard InChI is InChI=1S/C23H22N4O2/c1-16-13-20(23-26-25-22(29-23)19-11-7-4-8-12-19)17(2)27(16)15-21(28)24-14-18-9-5-3-6-10-18/h3-13H,14-15H2,1-2H3,(H,24,28). The Bertz CT molecular complexity index is 1110. The fourth-order valence-corrected chi connectivity index (χ4v) is 3.29. The summed E-state index contributed by atoms with van der Waals surface area (Å²) in [5.41, 5.74) is 4.67. The number of hydrogen-bond donors (Lipinski definition) is 1. The molecule has 2 aromatic carbocycles. The van der Waals surface area contributed by atoms with Gasteiger partial charge in [-0.15, -0.1) is 10.2 Å². The highest BCUT2D eigenvalue weighted by molar-refractivity contribution is 5.76. The Kier molecular flexibility index (Phi) is 5.24.